The molecule has 0 atom stereocenters. The average Bonchev–Trinajstić information content (AvgIpc) is 3.11. The van der Waals surface area contributed by atoms with Crippen LogP contribution in [0.2, 0.25) is 0 Å². The van der Waals surface area contributed by atoms with Crippen LogP contribution < -0.4 is 10.9 Å². The lowest BCUT2D eigenvalue weighted by Gasteiger charge is -2.12. The number of amides is 1. The molecule has 1 aliphatic rings. The van der Waals surface area contributed by atoms with E-state index in [1.165, 1.54) is 23.7 Å². The fraction of sp³-hybridized carbons (Fsp3) is 0.533. The second-order valence-electron chi connectivity index (χ2n) is 5.51. The molecule has 1 saturated carbocycles. The molecule has 0 unspecified atom stereocenters. The van der Waals surface area contributed by atoms with Crippen molar-refractivity contribution in [3.8, 4) is 0 Å². The number of nitrogens with zero attached hydrogens (tertiary/aromatic N) is 2. The van der Waals surface area contributed by atoms with Gasteiger partial charge in [0.15, 0.2) is 0 Å². The molecule has 0 bridgehead atoms. The van der Waals surface area contributed by atoms with E-state index in [9.17, 15) is 9.59 Å². The van der Waals surface area contributed by atoms with Crippen molar-refractivity contribution >= 4 is 27.5 Å². The van der Waals surface area contributed by atoms with E-state index in [0.29, 0.717) is 5.39 Å². The van der Waals surface area contributed by atoms with Gasteiger partial charge in [-0.3, -0.25) is 14.2 Å². The summed E-state index contributed by atoms with van der Waals surface area (Å²) >= 11 is 1.54. The molecule has 1 fully saturated rings. The predicted octanol–water partition coefficient (Wildman–Crippen LogP) is 2.08. The predicted molar refractivity (Wildman–Crippen MR) is 83.7 cm³/mol. The summed E-state index contributed by atoms with van der Waals surface area (Å²) in [6.07, 6.45) is 6.81. The lowest BCUT2D eigenvalue weighted by molar-refractivity contribution is -0.122. The number of hydrogen-bond acceptors (Lipinski definition) is 4. The summed E-state index contributed by atoms with van der Waals surface area (Å²) in [6, 6.07) is 2.17. The molecule has 1 amide bonds. The topological polar surface area (TPSA) is 64.0 Å². The number of hydrogen-bond donors (Lipinski definition) is 1. The third-order valence-electron chi connectivity index (χ3n) is 3.95. The largest absolute Gasteiger partial charge is 0.352 e. The summed E-state index contributed by atoms with van der Waals surface area (Å²) < 4.78 is 1.40. The Kier molecular flexibility index (Phi) is 4.05. The van der Waals surface area contributed by atoms with Crippen molar-refractivity contribution in [2.75, 3.05) is 0 Å². The van der Waals surface area contributed by atoms with E-state index in [2.05, 4.69) is 17.2 Å². The molecular formula is C15H19N3O2S. The molecule has 6 heteroatoms. The highest BCUT2D eigenvalue weighted by Crippen LogP contribution is 2.21. The highest BCUT2D eigenvalue weighted by atomic mass is 32.1. The Balaban J connectivity index is 1.78. The molecule has 2 aromatic heterocycles. The number of rotatable bonds is 4. The van der Waals surface area contributed by atoms with Gasteiger partial charge in [-0.15, -0.1) is 11.3 Å². The molecule has 0 spiro atoms. The van der Waals surface area contributed by atoms with E-state index in [4.69, 9.17) is 0 Å². The van der Waals surface area contributed by atoms with Gasteiger partial charge in [0.05, 0.1) is 11.7 Å². The zero-order chi connectivity index (χ0) is 14.8. The smallest absolute Gasteiger partial charge is 0.262 e. The lowest BCUT2D eigenvalue weighted by atomic mass is 10.2. The van der Waals surface area contributed by atoms with E-state index in [0.717, 1.165) is 29.0 Å². The van der Waals surface area contributed by atoms with Gasteiger partial charge in [-0.2, -0.15) is 0 Å². The summed E-state index contributed by atoms with van der Waals surface area (Å²) in [7, 11) is 0. The second-order valence-corrected chi connectivity index (χ2v) is 6.63. The maximum Gasteiger partial charge on any atom is 0.262 e. The fourth-order valence-corrected chi connectivity index (χ4v) is 3.72. The first-order valence-corrected chi connectivity index (χ1v) is 8.26. The van der Waals surface area contributed by atoms with Gasteiger partial charge in [0.2, 0.25) is 5.91 Å². The van der Waals surface area contributed by atoms with Crippen molar-refractivity contribution < 1.29 is 4.79 Å². The molecule has 2 heterocycles. The zero-order valence-electron chi connectivity index (χ0n) is 12.1. The molecule has 2 aromatic rings. The van der Waals surface area contributed by atoms with Gasteiger partial charge in [-0.05, 0) is 25.3 Å². The van der Waals surface area contributed by atoms with Crippen LogP contribution in [0.1, 0.15) is 37.5 Å². The maximum atomic E-state index is 12.4. The highest BCUT2D eigenvalue weighted by molar-refractivity contribution is 7.18. The summed E-state index contributed by atoms with van der Waals surface area (Å²) in [6.45, 7) is 2.11. The first-order valence-electron chi connectivity index (χ1n) is 7.44. The number of thiophene rings is 1. The summed E-state index contributed by atoms with van der Waals surface area (Å²) in [5, 5.41) is 3.61. The average molecular weight is 305 g/mol. The van der Waals surface area contributed by atoms with E-state index < -0.39 is 0 Å². The van der Waals surface area contributed by atoms with Crippen molar-refractivity contribution in [2.24, 2.45) is 0 Å². The number of aromatic nitrogens is 2. The normalized spacial score (nSPS) is 15.7. The van der Waals surface area contributed by atoms with Crippen LogP contribution in [0.25, 0.3) is 10.2 Å². The van der Waals surface area contributed by atoms with E-state index in [-0.39, 0.29) is 24.1 Å². The number of aryl methyl sites for hydroxylation is 1. The minimum atomic E-state index is -0.127. The number of carbonyl (C=O) groups is 1. The Morgan fingerprint density at radius 1 is 1.48 bits per heavy atom. The van der Waals surface area contributed by atoms with Gasteiger partial charge >= 0.3 is 0 Å². The van der Waals surface area contributed by atoms with Crippen LogP contribution in [0.5, 0.6) is 0 Å². The van der Waals surface area contributed by atoms with Crippen LogP contribution in [-0.2, 0) is 17.8 Å². The molecule has 0 radical (unpaired) electrons. The molecule has 112 valence electrons. The summed E-state index contributed by atoms with van der Waals surface area (Å²) in [5.41, 5.74) is -0.127. The van der Waals surface area contributed by atoms with Crippen molar-refractivity contribution in [1.82, 2.24) is 14.9 Å². The molecule has 1 aliphatic carbocycles. The first kappa shape index (κ1) is 14.3. The Morgan fingerprint density at radius 2 is 2.24 bits per heavy atom. The molecule has 0 aliphatic heterocycles. The molecule has 0 saturated heterocycles. The van der Waals surface area contributed by atoms with Gasteiger partial charge in [0.25, 0.3) is 5.56 Å². The van der Waals surface area contributed by atoms with Gasteiger partial charge in [0.1, 0.15) is 11.4 Å². The van der Waals surface area contributed by atoms with Gasteiger partial charge < -0.3 is 5.32 Å². The molecule has 0 aromatic carbocycles. The quantitative estimate of drug-likeness (QED) is 0.940. The maximum absolute atomic E-state index is 12.4. The van der Waals surface area contributed by atoms with E-state index in [1.807, 2.05) is 6.07 Å². The van der Waals surface area contributed by atoms with E-state index in [1.54, 1.807) is 11.3 Å². The fourth-order valence-electron chi connectivity index (χ4n) is 2.79. The van der Waals surface area contributed by atoms with E-state index >= 15 is 0 Å². The molecule has 1 N–H and O–H groups in total. The van der Waals surface area contributed by atoms with Crippen LogP contribution in [0.4, 0.5) is 0 Å². The number of carbonyl (C=O) groups excluding carboxylic acids is 1. The third-order valence-corrected chi connectivity index (χ3v) is 5.14. The Morgan fingerprint density at radius 3 is 2.95 bits per heavy atom. The Labute approximate surface area is 127 Å². The van der Waals surface area contributed by atoms with Gasteiger partial charge in [-0.1, -0.05) is 19.8 Å². The minimum absolute atomic E-state index is 0.0512. The van der Waals surface area contributed by atoms with Gasteiger partial charge in [0, 0.05) is 10.9 Å². The number of fused-ring (bicyclic) bond motifs is 1. The SMILES string of the molecule is CCc1cc2c(=O)n(CC(=O)NC3CCCC3)cnc2s1. The summed E-state index contributed by atoms with van der Waals surface area (Å²) in [4.78, 5) is 30.6. The van der Waals surface area contributed by atoms with Crippen molar-refractivity contribution in [2.45, 2.75) is 51.6 Å². The van der Waals surface area contributed by atoms with Crippen LogP contribution in [0, 0.1) is 0 Å². The lowest BCUT2D eigenvalue weighted by Crippen LogP contribution is -2.37. The Hall–Kier alpha value is -1.69. The van der Waals surface area contributed by atoms with Crippen LogP contribution in [-0.4, -0.2) is 21.5 Å². The molecule has 21 heavy (non-hydrogen) atoms. The minimum Gasteiger partial charge on any atom is -0.352 e. The molecule has 5 nitrogen and oxygen atoms in total. The van der Waals surface area contributed by atoms with Crippen LogP contribution in [0.15, 0.2) is 17.2 Å². The monoisotopic (exact) mass is 305 g/mol. The molecule has 3 rings (SSSR count). The number of nitrogens with one attached hydrogen (secondary N) is 1. The Bertz CT molecular complexity index is 713. The van der Waals surface area contributed by atoms with Crippen molar-refractivity contribution in [1.29, 1.82) is 0 Å². The first-order chi connectivity index (χ1) is 10.2. The zero-order valence-corrected chi connectivity index (χ0v) is 12.9. The third kappa shape index (κ3) is 3.00. The summed E-state index contributed by atoms with van der Waals surface area (Å²) in [5.74, 6) is -0.101. The van der Waals surface area contributed by atoms with Crippen LogP contribution in [0.3, 0.4) is 0 Å². The van der Waals surface area contributed by atoms with Crippen LogP contribution >= 0.6 is 11.3 Å². The standard InChI is InChI=1S/C15H19N3O2S/c1-2-11-7-12-14(21-11)16-9-18(15(12)20)8-13(19)17-10-5-3-4-6-10/h7,9-10H,2-6,8H2,1H3,(H,17,19). The highest BCUT2D eigenvalue weighted by Gasteiger charge is 2.18. The van der Waals surface area contributed by atoms with Crippen molar-refractivity contribution in [3.05, 3.63) is 27.6 Å². The second kappa shape index (κ2) is 5.97. The molecular weight excluding hydrogens is 286 g/mol. The van der Waals surface area contributed by atoms with Gasteiger partial charge in [-0.25, -0.2) is 4.98 Å². The van der Waals surface area contributed by atoms with Crippen molar-refractivity contribution in [3.63, 3.8) is 0 Å².